The van der Waals surface area contributed by atoms with Crippen LogP contribution in [0.2, 0.25) is 5.02 Å². The normalized spacial score (nSPS) is 32.5. The van der Waals surface area contributed by atoms with Crippen LogP contribution in [0.4, 0.5) is 0 Å². The van der Waals surface area contributed by atoms with Crippen molar-refractivity contribution in [2.75, 3.05) is 6.54 Å². The molecule has 0 amide bonds. The fourth-order valence-corrected chi connectivity index (χ4v) is 5.04. The predicted octanol–water partition coefficient (Wildman–Crippen LogP) is 5.00. The summed E-state index contributed by atoms with van der Waals surface area (Å²) in [7, 11) is 0. The first-order chi connectivity index (χ1) is 10.3. The van der Waals surface area contributed by atoms with E-state index in [1.54, 1.807) is 0 Å². The van der Waals surface area contributed by atoms with Crippen molar-refractivity contribution in [2.24, 2.45) is 17.8 Å². The number of hydrogen-bond acceptors (Lipinski definition) is 1. The van der Waals surface area contributed by atoms with Gasteiger partial charge in [0.1, 0.15) is 0 Å². The number of halogens is 1. The molecule has 1 aromatic rings. The van der Waals surface area contributed by atoms with Gasteiger partial charge < -0.3 is 5.32 Å². The molecule has 114 valence electrons. The van der Waals surface area contributed by atoms with Crippen LogP contribution in [0.1, 0.15) is 56.4 Å². The summed E-state index contributed by atoms with van der Waals surface area (Å²) in [6.45, 7) is 1.11. The van der Waals surface area contributed by atoms with Crippen molar-refractivity contribution in [1.82, 2.24) is 5.32 Å². The molecule has 4 rings (SSSR count). The molecule has 21 heavy (non-hydrogen) atoms. The highest BCUT2D eigenvalue weighted by Crippen LogP contribution is 2.51. The number of hydrogen-bond donors (Lipinski definition) is 1. The Bertz CT molecular complexity index is 496. The molecular weight excluding hydrogens is 278 g/mol. The van der Waals surface area contributed by atoms with Gasteiger partial charge in [0.25, 0.3) is 0 Å². The van der Waals surface area contributed by atoms with Crippen LogP contribution in [0.3, 0.4) is 0 Å². The first kappa shape index (κ1) is 14.1. The van der Waals surface area contributed by atoms with Crippen LogP contribution < -0.4 is 5.32 Å². The lowest BCUT2D eigenvalue weighted by Crippen LogP contribution is -2.26. The minimum atomic E-state index is 0.601. The smallest absolute Gasteiger partial charge is 0.0441 e. The largest absolute Gasteiger partial charge is 0.313 e. The number of benzene rings is 1. The SMILES string of the molecule is Clc1ccccc1C(CNC1CC1)CC1CC2CCC1C2. The zero-order chi connectivity index (χ0) is 14.2. The highest BCUT2D eigenvalue weighted by molar-refractivity contribution is 6.31. The summed E-state index contributed by atoms with van der Waals surface area (Å²) >= 11 is 6.49. The second-order valence-electron chi connectivity index (χ2n) is 7.57. The van der Waals surface area contributed by atoms with Gasteiger partial charge in [0.2, 0.25) is 0 Å². The van der Waals surface area contributed by atoms with Gasteiger partial charge in [-0.1, -0.05) is 36.2 Å². The monoisotopic (exact) mass is 303 g/mol. The summed E-state index contributed by atoms with van der Waals surface area (Å²) in [6.07, 6.45) is 10.0. The van der Waals surface area contributed by atoms with Crippen molar-refractivity contribution in [2.45, 2.75) is 56.9 Å². The molecule has 2 bridgehead atoms. The van der Waals surface area contributed by atoms with Gasteiger partial charge in [0.15, 0.2) is 0 Å². The predicted molar refractivity (Wildman–Crippen MR) is 88.8 cm³/mol. The molecule has 3 saturated carbocycles. The lowest BCUT2D eigenvalue weighted by molar-refractivity contribution is 0.291. The Morgan fingerprint density at radius 3 is 2.62 bits per heavy atom. The van der Waals surface area contributed by atoms with Gasteiger partial charge in [-0.2, -0.15) is 0 Å². The first-order valence-electron chi connectivity index (χ1n) is 8.77. The van der Waals surface area contributed by atoms with Crippen molar-refractivity contribution in [3.8, 4) is 0 Å². The van der Waals surface area contributed by atoms with Gasteiger partial charge in [0.05, 0.1) is 0 Å². The summed E-state index contributed by atoms with van der Waals surface area (Å²) in [4.78, 5) is 0. The molecule has 3 aliphatic carbocycles. The molecular formula is C19H26ClN. The Morgan fingerprint density at radius 1 is 1.10 bits per heavy atom. The molecule has 0 heterocycles. The van der Waals surface area contributed by atoms with Crippen molar-refractivity contribution >= 4 is 11.6 Å². The number of nitrogens with one attached hydrogen (secondary N) is 1. The number of fused-ring (bicyclic) bond motifs is 2. The molecule has 3 fully saturated rings. The maximum atomic E-state index is 6.49. The van der Waals surface area contributed by atoms with Gasteiger partial charge in [-0.3, -0.25) is 0 Å². The quantitative estimate of drug-likeness (QED) is 0.779. The van der Waals surface area contributed by atoms with Gasteiger partial charge in [0, 0.05) is 17.6 Å². The summed E-state index contributed by atoms with van der Waals surface area (Å²) in [5.41, 5.74) is 1.37. The molecule has 1 aromatic carbocycles. The molecule has 0 saturated heterocycles. The molecule has 1 N–H and O–H groups in total. The van der Waals surface area contributed by atoms with Gasteiger partial charge in [-0.05, 0) is 73.8 Å². The molecule has 4 unspecified atom stereocenters. The summed E-state index contributed by atoms with van der Waals surface area (Å²) in [5.74, 6) is 3.61. The topological polar surface area (TPSA) is 12.0 Å². The molecule has 3 aliphatic rings. The van der Waals surface area contributed by atoms with Crippen LogP contribution >= 0.6 is 11.6 Å². The van der Waals surface area contributed by atoms with E-state index >= 15 is 0 Å². The molecule has 1 nitrogen and oxygen atoms in total. The fraction of sp³-hybridized carbons (Fsp3) is 0.684. The van der Waals surface area contributed by atoms with E-state index in [1.165, 1.54) is 50.5 Å². The average molecular weight is 304 g/mol. The van der Waals surface area contributed by atoms with Gasteiger partial charge >= 0.3 is 0 Å². The first-order valence-corrected chi connectivity index (χ1v) is 9.15. The van der Waals surface area contributed by atoms with Gasteiger partial charge in [-0.15, -0.1) is 0 Å². The zero-order valence-electron chi connectivity index (χ0n) is 12.7. The Balaban J connectivity index is 1.47. The van der Waals surface area contributed by atoms with Crippen molar-refractivity contribution in [3.05, 3.63) is 34.9 Å². The third-order valence-corrected chi connectivity index (χ3v) is 6.39. The van der Waals surface area contributed by atoms with Gasteiger partial charge in [-0.25, -0.2) is 0 Å². The van der Waals surface area contributed by atoms with Crippen molar-refractivity contribution in [1.29, 1.82) is 0 Å². The van der Waals surface area contributed by atoms with E-state index in [2.05, 4.69) is 29.6 Å². The Hall–Kier alpha value is -0.530. The lowest BCUT2D eigenvalue weighted by Gasteiger charge is -2.28. The molecule has 0 aromatic heterocycles. The maximum absolute atomic E-state index is 6.49. The molecule has 0 spiro atoms. The Kier molecular flexibility index (Phi) is 3.98. The Morgan fingerprint density at radius 2 is 1.95 bits per heavy atom. The molecule has 2 heteroatoms. The van der Waals surface area contributed by atoms with Crippen molar-refractivity contribution in [3.63, 3.8) is 0 Å². The highest BCUT2D eigenvalue weighted by Gasteiger charge is 2.40. The lowest BCUT2D eigenvalue weighted by atomic mass is 9.80. The van der Waals surface area contributed by atoms with E-state index in [0.29, 0.717) is 5.92 Å². The van der Waals surface area contributed by atoms with E-state index in [0.717, 1.165) is 35.4 Å². The van der Waals surface area contributed by atoms with E-state index < -0.39 is 0 Å². The third kappa shape index (κ3) is 3.14. The highest BCUT2D eigenvalue weighted by atomic mass is 35.5. The minimum absolute atomic E-state index is 0.601. The van der Waals surface area contributed by atoms with Crippen LogP contribution in [-0.2, 0) is 0 Å². The summed E-state index contributed by atoms with van der Waals surface area (Å²) in [5, 5.41) is 4.70. The summed E-state index contributed by atoms with van der Waals surface area (Å²) < 4.78 is 0. The second kappa shape index (κ2) is 5.93. The molecule has 0 aliphatic heterocycles. The summed E-state index contributed by atoms with van der Waals surface area (Å²) in [6, 6.07) is 9.28. The molecule has 0 radical (unpaired) electrons. The van der Waals surface area contributed by atoms with E-state index in [1.807, 2.05) is 0 Å². The van der Waals surface area contributed by atoms with E-state index in [9.17, 15) is 0 Å². The number of rotatable bonds is 6. The van der Waals surface area contributed by atoms with E-state index in [-0.39, 0.29) is 0 Å². The average Bonchev–Trinajstić information content (AvgIpc) is 3.09. The standard InChI is InChI=1S/C19H26ClN/c20-19-4-2-1-3-18(19)16(12-21-17-7-8-17)11-15-10-13-5-6-14(15)9-13/h1-4,13-17,21H,5-12H2. The van der Waals surface area contributed by atoms with Crippen LogP contribution in [-0.4, -0.2) is 12.6 Å². The maximum Gasteiger partial charge on any atom is 0.0441 e. The van der Waals surface area contributed by atoms with Crippen molar-refractivity contribution < 1.29 is 0 Å². The Labute approximate surface area is 133 Å². The zero-order valence-corrected chi connectivity index (χ0v) is 13.5. The van der Waals surface area contributed by atoms with E-state index in [4.69, 9.17) is 11.6 Å². The van der Waals surface area contributed by atoms with Crippen LogP contribution in [0, 0.1) is 17.8 Å². The minimum Gasteiger partial charge on any atom is -0.313 e. The molecule has 4 atom stereocenters. The van der Waals surface area contributed by atoms with Crippen LogP contribution in [0.15, 0.2) is 24.3 Å². The second-order valence-corrected chi connectivity index (χ2v) is 7.98. The van der Waals surface area contributed by atoms with Crippen LogP contribution in [0.5, 0.6) is 0 Å². The van der Waals surface area contributed by atoms with Crippen LogP contribution in [0.25, 0.3) is 0 Å². The third-order valence-electron chi connectivity index (χ3n) is 6.05. The fourth-order valence-electron chi connectivity index (χ4n) is 4.75.